The maximum atomic E-state index is 13.7. The van der Waals surface area contributed by atoms with Gasteiger partial charge in [-0.2, -0.15) is 0 Å². The molecule has 1 aromatic heterocycles. The van der Waals surface area contributed by atoms with Gasteiger partial charge in [0, 0.05) is 19.1 Å². The molecule has 194 valence electrons. The second-order valence-electron chi connectivity index (χ2n) is 9.40. The van der Waals surface area contributed by atoms with Crippen molar-refractivity contribution in [2.75, 3.05) is 19.8 Å². The quantitative estimate of drug-likeness (QED) is 0.276. The zero-order valence-electron chi connectivity index (χ0n) is 20.9. The summed E-state index contributed by atoms with van der Waals surface area (Å²) in [6, 6.07) is 6.71. The van der Waals surface area contributed by atoms with Crippen molar-refractivity contribution in [3.8, 4) is 0 Å². The Kier molecular flexibility index (Phi) is 8.35. The van der Waals surface area contributed by atoms with Gasteiger partial charge in [0.15, 0.2) is 0 Å². The lowest BCUT2D eigenvalue weighted by Crippen LogP contribution is -2.48. The number of carbonyl (C=O) groups excluding carboxylic acids is 3. The van der Waals surface area contributed by atoms with Crippen LogP contribution >= 0.6 is 0 Å². The largest absolute Gasteiger partial charge is 0.466 e. The highest BCUT2D eigenvalue weighted by Crippen LogP contribution is 2.45. The summed E-state index contributed by atoms with van der Waals surface area (Å²) in [6.45, 7) is 4.48. The molecule has 10 heteroatoms. The second-order valence-corrected chi connectivity index (χ2v) is 9.40. The number of hydrogen-bond acceptors (Lipinski definition) is 7. The van der Waals surface area contributed by atoms with E-state index in [-0.39, 0.29) is 43.6 Å². The van der Waals surface area contributed by atoms with E-state index in [0.717, 1.165) is 23.9 Å². The number of benzene rings is 1. The Morgan fingerprint density at radius 3 is 2.72 bits per heavy atom. The summed E-state index contributed by atoms with van der Waals surface area (Å²) in [5, 5.41) is 20.4. The number of aromatic nitrogens is 3. The number of likely N-dealkylation sites (tertiary alicyclic amines) is 1. The van der Waals surface area contributed by atoms with Crippen molar-refractivity contribution in [3.63, 3.8) is 0 Å². The van der Waals surface area contributed by atoms with Gasteiger partial charge in [-0.05, 0) is 44.2 Å². The van der Waals surface area contributed by atoms with Gasteiger partial charge in [0.05, 0.1) is 24.0 Å². The molecule has 0 spiro atoms. The molecule has 1 aliphatic heterocycles. The van der Waals surface area contributed by atoms with E-state index in [1.54, 1.807) is 16.5 Å². The van der Waals surface area contributed by atoms with Gasteiger partial charge < -0.3 is 20.1 Å². The molecule has 4 rings (SSSR count). The van der Waals surface area contributed by atoms with Gasteiger partial charge in [-0.3, -0.25) is 14.4 Å². The number of carbonyl (C=O) groups is 3. The topological polar surface area (TPSA) is 127 Å². The maximum Gasteiger partial charge on any atom is 0.310 e. The lowest BCUT2D eigenvalue weighted by molar-refractivity contribution is -0.155. The number of aliphatic hydroxyl groups excluding tert-OH is 1. The Labute approximate surface area is 210 Å². The van der Waals surface area contributed by atoms with Gasteiger partial charge in [0.2, 0.25) is 11.8 Å². The molecule has 36 heavy (non-hydrogen) atoms. The van der Waals surface area contributed by atoms with E-state index in [2.05, 4.69) is 15.6 Å². The molecule has 5 atom stereocenters. The summed E-state index contributed by atoms with van der Waals surface area (Å²) in [6.07, 6.45) is 6.64. The van der Waals surface area contributed by atoms with Crippen molar-refractivity contribution in [2.24, 2.45) is 23.7 Å². The summed E-state index contributed by atoms with van der Waals surface area (Å²) in [5.41, 5.74) is 1.52. The lowest BCUT2D eigenvalue weighted by Gasteiger charge is -2.33. The van der Waals surface area contributed by atoms with Gasteiger partial charge >= 0.3 is 5.97 Å². The summed E-state index contributed by atoms with van der Waals surface area (Å²) >= 11 is 0. The van der Waals surface area contributed by atoms with E-state index in [4.69, 9.17) is 4.74 Å². The summed E-state index contributed by atoms with van der Waals surface area (Å²) in [5.74, 6) is -2.71. The minimum atomic E-state index is -0.758. The lowest BCUT2D eigenvalue weighted by atomic mass is 9.69. The number of unbranched alkanes of at least 4 members (excludes halogenated alkanes) is 1. The molecule has 2 aromatic rings. The first-order valence-electron chi connectivity index (χ1n) is 12.8. The molecule has 0 saturated carbocycles. The van der Waals surface area contributed by atoms with Gasteiger partial charge in [-0.15, -0.1) is 5.10 Å². The number of allylic oxidation sites excluding steroid dienone is 1. The molecule has 0 bridgehead atoms. The SMILES string of the molecule is CCC[C@@H]1C=C[C@H]2[C@H](C(=O)N(CCCCO)[C@@H]2C(=O)NCn2nnc3ccccc32)[C@@H]1C(=O)OCC. The van der Waals surface area contributed by atoms with Crippen LogP contribution in [0.25, 0.3) is 11.0 Å². The molecular formula is C26H35N5O5. The normalized spacial score (nSPS) is 25.2. The molecule has 1 aliphatic carbocycles. The number of nitrogens with one attached hydrogen (secondary N) is 1. The number of rotatable bonds is 11. The molecule has 1 aromatic carbocycles. The van der Waals surface area contributed by atoms with Crippen molar-refractivity contribution in [2.45, 2.75) is 52.2 Å². The molecule has 1 saturated heterocycles. The highest BCUT2D eigenvalue weighted by atomic mass is 16.5. The van der Waals surface area contributed by atoms with E-state index < -0.39 is 23.8 Å². The van der Waals surface area contributed by atoms with Crippen LogP contribution in [0.2, 0.25) is 0 Å². The first-order valence-corrected chi connectivity index (χ1v) is 12.8. The summed E-state index contributed by atoms with van der Waals surface area (Å²) < 4.78 is 6.99. The number of para-hydroxylation sites is 1. The minimum Gasteiger partial charge on any atom is -0.466 e. The van der Waals surface area contributed by atoms with Crippen LogP contribution in [-0.4, -0.2) is 68.6 Å². The Hall–Kier alpha value is -3.27. The van der Waals surface area contributed by atoms with Crippen LogP contribution in [0.15, 0.2) is 36.4 Å². The first-order chi connectivity index (χ1) is 17.5. The summed E-state index contributed by atoms with van der Waals surface area (Å²) in [7, 11) is 0. The molecule has 2 aliphatic rings. The third-order valence-corrected chi connectivity index (χ3v) is 7.19. The Bertz CT molecular complexity index is 1120. The van der Waals surface area contributed by atoms with E-state index in [1.165, 1.54) is 0 Å². The van der Waals surface area contributed by atoms with Crippen molar-refractivity contribution in [1.82, 2.24) is 25.2 Å². The van der Waals surface area contributed by atoms with E-state index in [1.807, 2.05) is 43.3 Å². The van der Waals surface area contributed by atoms with Gasteiger partial charge in [-0.25, -0.2) is 4.68 Å². The van der Waals surface area contributed by atoms with Crippen molar-refractivity contribution in [1.29, 1.82) is 0 Å². The number of aliphatic hydroxyl groups is 1. The Morgan fingerprint density at radius 1 is 1.17 bits per heavy atom. The zero-order valence-corrected chi connectivity index (χ0v) is 20.9. The van der Waals surface area contributed by atoms with Crippen molar-refractivity contribution in [3.05, 3.63) is 36.4 Å². The van der Waals surface area contributed by atoms with Crippen LogP contribution in [0.3, 0.4) is 0 Å². The van der Waals surface area contributed by atoms with E-state index in [0.29, 0.717) is 19.4 Å². The van der Waals surface area contributed by atoms with Crippen LogP contribution in [0.5, 0.6) is 0 Å². The van der Waals surface area contributed by atoms with Crippen molar-refractivity contribution < 1.29 is 24.2 Å². The van der Waals surface area contributed by atoms with Crippen molar-refractivity contribution >= 4 is 28.8 Å². The van der Waals surface area contributed by atoms with Crippen LogP contribution in [0.1, 0.15) is 39.5 Å². The van der Waals surface area contributed by atoms with Gasteiger partial charge in [0.25, 0.3) is 0 Å². The number of amides is 2. The third-order valence-electron chi connectivity index (χ3n) is 7.19. The number of hydrogen-bond donors (Lipinski definition) is 2. The minimum absolute atomic E-state index is 0.00898. The van der Waals surface area contributed by atoms with Gasteiger partial charge in [-0.1, -0.05) is 42.8 Å². The maximum absolute atomic E-state index is 13.7. The highest BCUT2D eigenvalue weighted by Gasteiger charge is 2.57. The fraction of sp³-hybridized carbons (Fsp3) is 0.577. The smallest absolute Gasteiger partial charge is 0.310 e. The molecule has 2 amide bonds. The zero-order chi connectivity index (χ0) is 25.7. The van der Waals surface area contributed by atoms with Crippen LogP contribution in [-0.2, 0) is 25.8 Å². The predicted octanol–water partition coefficient (Wildman–Crippen LogP) is 1.89. The first kappa shape index (κ1) is 25.8. The Balaban J connectivity index is 1.61. The van der Waals surface area contributed by atoms with E-state index in [9.17, 15) is 19.5 Å². The molecular weight excluding hydrogens is 462 g/mol. The Morgan fingerprint density at radius 2 is 1.97 bits per heavy atom. The number of fused-ring (bicyclic) bond motifs is 2. The second kappa shape index (κ2) is 11.6. The van der Waals surface area contributed by atoms with Crippen LogP contribution in [0.4, 0.5) is 0 Å². The third kappa shape index (κ3) is 5.00. The van der Waals surface area contributed by atoms with Gasteiger partial charge in [0.1, 0.15) is 18.2 Å². The number of esters is 1. The fourth-order valence-corrected chi connectivity index (χ4v) is 5.59. The van der Waals surface area contributed by atoms with Crippen LogP contribution in [0, 0.1) is 23.7 Å². The number of nitrogens with zero attached hydrogens (tertiary/aromatic N) is 4. The average molecular weight is 498 g/mol. The molecule has 2 heterocycles. The van der Waals surface area contributed by atoms with E-state index >= 15 is 0 Å². The monoisotopic (exact) mass is 497 g/mol. The summed E-state index contributed by atoms with van der Waals surface area (Å²) in [4.78, 5) is 41.9. The standard InChI is InChI=1S/C26H35N5O5/c1-3-9-17-12-13-18-22(21(17)26(35)36-4-2)25(34)30(14-7-8-15-32)23(18)24(33)27-16-31-20-11-6-5-10-19(20)28-29-31/h5-6,10-13,17-18,21-23,32H,3-4,7-9,14-16H2,1-2H3,(H,27,33)/t17-,18+,21-,22+,23+/m1/s1. The molecule has 2 N–H and O–H groups in total. The number of ether oxygens (including phenoxy) is 1. The molecule has 1 fully saturated rings. The van der Waals surface area contributed by atoms with Crippen LogP contribution < -0.4 is 5.32 Å². The predicted molar refractivity (Wildman–Crippen MR) is 132 cm³/mol. The molecule has 10 nitrogen and oxygen atoms in total. The molecule has 0 radical (unpaired) electrons. The average Bonchev–Trinajstić information content (AvgIpc) is 3.42. The highest BCUT2D eigenvalue weighted by molar-refractivity contribution is 5.96. The fourth-order valence-electron chi connectivity index (χ4n) is 5.59. The molecule has 0 unspecified atom stereocenters.